The summed E-state index contributed by atoms with van der Waals surface area (Å²) < 4.78 is 24.6. The van der Waals surface area contributed by atoms with E-state index in [0.717, 1.165) is 30.6 Å². The monoisotopic (exact) mass is 348 g/mol. The summed E-state index contributed by atoms with van der Waals surface area (Å²) in [5.74, 6) is 1.58. The van der Waals surface area contributed by atoms with Crippen LogP contribution in [0.25, 0.3) is 0 Å². The summed E-state index contributed by atoms with van der Waals surface area (Å²) >= 11 is 2.97. The van der Waals surface area contributed by atoms with Crippen LogP contribution in [-0.4, -0.2) is 48.9 Å². The van der Waals surface area contributed by atoms with Crippen molar-refractivity contribution < 1.29 is 13.2 Å². The van der Waals surface area contributed by atoms with Crippen LogP contribution >= 0.6 is 23.1 Å². The third-order valence-corrected chi connectivity index (χ3v) is 7.81. The molecule has 5 nitrogen and oxygen atoms in total. The molecule has 0 bridgehead atoms. The van der Waals surface area contributed by atoms with E-state index in [0.29, 0.717) is 22.3 Å². The maximum Gasteiger partial charge on any atom is 0.187 e. The van der Waals surface area contributed by atoms with E-state index in [1.54, 1.807) is 18.7 Å². The SMILES string of the molecule is CCCc1nc(N2CCSCC2S(=O)(=O)CC)sc1C=O. The fraction of sp³-hybridized carbons (Fsp3) is 0.692. The third-order valence-electron chi connectivity index (χ3n) is 3.46. The normalized spacial score (nSPS) is 19.7. The number of aldehydes is 1. The Bertz CT molecular complexity index is 598. The fourth-order valence-corrected chi connectivity index (χ4v) is 6.31. The maximum absolute atomic E-state index is 12.3. The highest BCUT2D eigenvalue weighted by molar-refractivity contribution is 8.01. The lowest BCUT2D eigenvalue weighted by Crippen LogP contribution is -2.48. The summed E-state index contributed by atoms with van der Waals surface area (Å²) in [4.78, 5) is 18.2. The predicted octanol–water partition coefficient (Wildman–Crippen LogP) is 2.22. The van der Waals surface area contributed by atoms with Crippen molar-refractivity contribution in [1.82, 2.24) is 4.98 Å². The molecule has 21 heavy (non-hydrogen) atoms. The first-order chi connectivity index (χ1) is 10.0. The molecule has 118 valence electrons. The van der Waals surface area contributed by atoms with Crippen molar-refractivity contribution in [2.45, 2.75) is 32.1 Å². The third kappa shape index (κ3) is 3.60. The number of aryl methyl sites for hydroxylation is 1. The molecule has 2 heterocycles. The van der Waals surface area contributed by atoms with Crippen molar-refractivity contribution in [3.05, 3.63) is 10.6 Å². The standard InChI is InChI=1S/C13H20N2O3S3/c1-3-5-10-11(8-16)20-13(14-10)15-6-7-19-9-12(15)21(17,18)4-2/h8,12H,3-7,9H2,1-2H3. The lowest BCUT2D eigenvalue weighted by Gasteiger charge is -2.34. The number of aromatic nitrogens is 1. The lowest BCUT2D eigenvalue weighted by atomic mass is 10.2. The molecule has 0 amide bonds. The number of carbonyl (C=O) groups is 1. The second-order valence-corrected chi connectivity index (χ2v) is 9.46. The molecule has 0 saturated carbocycles. The van der Waals surface area contributed by atoms with Crippen LogP contribution in [0.1, 0.15) is 35.6 Å². The van der Waals surface area contributed by atoms with E-state index in [9.17, 15) is 13.2 Å². The van der Waals surface area contributed by atoms with Crippen LogP contribution in [0.4, 0.5) is 5.13 Å². The van der Waals surface area contributed by atoms with Gasteiger partial charge in [0.25, 0.3) is 0 Å². The zero-order chi connectivity index (χ0) is 15.5. The Morgan fingerprint density at radius 2 is 2.19 bits per heavy atom. The van der Waals surface area contributed by atoms with Crippen molar-refractivity contribution >= 4 is 44.4 Å². The number of carbonyl (C=O) groups excluding carboxylic acids is 1. The topological polar surface area (TPSA) is 67.3 Å². The zero-order valence-corrected chi connectivity index (χ0v) is 14.7. The molecule has 0 aliphatic carbocycles. The largest absolute Gasteiger partial charge is 0.329 e. The van der Waals surface area contributed by atoms with Crippen molar-refractivity contribution in [2.75, 3.05) is 28.7 Å². The molecule has 1 unspecified atom stereocenters. The van der Waals surface area contributed by atoms with Crippen molar-refractivity contribution in [1.29, 1.82) is 0 Å². The van der Waals surface area contributed by atoms with Gasteiger partial charge in [-0.2, -0.15) is 11.8 Å². The van der Waals surface area contributed by atoms with Gasteiger partial charge in [-0.05, 0) is 6.42 Å². The van der Waals surface area contributed by atoms with E-state index >= 15 is 0 Å². The summed E-state index contributed by atoms with van der Waals surface area (Å²) in [6.45, 7) is 4.37. The number of thiazole rings is 1. The van der Waals surface area contributed by atoms with Gasteiger partial charge >= 0.3 is 0 Å². The Morgan fingerprint density at radius 3 is 2.81 bits per heavy atom. The first-order valence-corrected chi connectivity index (χ1v) is 10.7. The minimum Gasteiger partial charge on any atom is -0.329 e. The number of rotatable bonds is 6. The van der Waals surface area contributed by atoms with E-state index in [4.69, 9.17) is 0 Å². The lowest BCUT2D eigenvalue weighted by molar-refractivity contribution is 0.112. The number of nitrogens with zero attached hydrogens (tertiary/aromatic N) is 2. The van der Waals surface area contributed by atoms with E-state index in [-0.39, 0.29) is 5.75 Å². The molecule has 1 saturated heterocycles. The summed E-state index contributed by atoms with van der Waals surface area (Å²) in [5.41, 5.74) is 0.790. The van der Waals surface area contributed by atoms with Crippen LogP contribution in [0, 0.1) is 0 Å². The van der Waals surface area contributed by atoms with Gasteiger partial charge in [0.15, 0.2) is 21.3 Å². The first-order valence-electron chi connectivity index (χ1n) is 7.04. The van der Waals surface area contributed by atoms with Crippen LogP contribution in [0.15, 0.2) is 0 Å². The van der Waals surface area contributed by atoms with Gasteiger partial charge in [-0.3, -0.25) is 4.79 Å². The molecule has 8 heteroatoms. The average molecular weight is 349 g/mol. The number of anilines is 1. The van der Waals surface area contributed by atoms with Crippen molar-refractivity contribution in [2.24, 2.45) is 0 Å². The van der Waals surface area contributed by atoms with Crippen LogP contribution < -0.4 is 4.90 Å². The molecule has 1 aliphatic heterocycles. The molecular weight excluding hydrogens is 328 g/mol. The van der Waals surface area contributed by atoms with Gasteiger partial charge in [-0.1, -0.05) is 31.6 Å². The van der Waals surface area contributed by atoms with Gasteiger partial charge in [0.1, 0.15) is 5.37 Å². The fourth-order valence-electron chi connectivity index (χ4n) is 2.27. The number of thioether (sulfide) groups is 1. The molecule has 2 rings (SSSR count). The van der Waals surface area contributed by atoms with E-state index in [1.165, 1.54) is 11.3 Å². The molecule has 1 aromatic rings. The van der Waals surface area contributed by atoms with Crippen LogP contribution in [0.3, 0.4) is 0 Å². The highest BCUT2D eigenvalue weighted by Gasteiger charge is 2.34. The highest BCUT2D eigenvalue weighted by Crippen LogP contribution is 2.32. The van der Waals surface area contributed by atoms with Crippen LogP contribution in [0.2, 0.25) is 0 Å². The summed E-state index contributed by atoms with van der Waals surface area (Å²) in [6, 6.07) is 0. The number of sulfone groups is 1. The molecule has 0 N–H and O–H groups in total. The summed E-state index contributed by atoms with van der Waals surface area (Å²) in [6.07, 6.45) is 2.49. The van der Waals surface area contributed by atoms with Crippen molar-refractivity contribution in [3.63, 3.8) is 0 Å². The molecule has 1 aromatic heterocycles. The predicted molar refractivity (Wildman–Crippen MR) is 89.4 cm³/mol. The molecule has 0 radical (unpaired) electrons. The van der Waals surface area contributed by atoms with Gasteiger partial charge in [0, 0.05) is 23.8 Å². The van der Waals surface area contributed by atoms with Crippen molar-refractivity contribution in [3.8, 4) is 0 Å². The van der Waals surface area contributed by atoms with Gasteiger partial charge in [-0.15, -0.1) is 0 Å². The van der Waals surface area contributed by atoms with Crippen LogP contribution in [-0.2, 0) is 16.3 Å². The second kappa shape index (κ2) is 7.11. The Labute approximate surface area is 134 Å². The first kappa shape index (κ1) is 16.8. The quantitative estimate of drug-likeness (QED) is 0.734. The van der Waals surface area contributed by atoms with E-state index in [2.05, 4.69) is 4.98 Å². The Morgan fingerprint density at radius 1 is 1.43 bits per heavy atom. The Kier molecular flexibility index (Phi) is 5.67. The minimum absolute atomic E-state index is 0.127. The minimum atomic E-state index is -3.16. The maximum atomic E-state index is 12.3. The molecular formula is C13H20N2O3S3. The molecule has 1 fully saturated rings. The summed E-state index contributed by atoms with van der Waals surface area (Å²) in [7, 11) is -3.16. The van der Waals surface area contributed by atoms with Gasteiger partial charge in [0.2, 0.25) is 0 Å². The molecule has 1 atom stereocenters. The number of hydrogen-bond acceptors (Lipinski definition) is 7. The average Bonchev–Trinajstić information content (AvgIpc) is 2.90. The van der Waals surface area contributed by atoms with Gasteiger partial charge in [-0.25, -0.2) is 13.4 Å². The smallest absolute Gasteiger partial charge is 0.187 e. The molecule has 0 aromatic carbocycles. The summed E-state index contributed by atoms with van der Waals surface area (Å²) in [5, 5.41) is 0.143. The van der Waals surface area contributed by atoms with Gasteiger partial charge in [0.05, 0.1) is 10.6 Å². The second-order valence-electron chi connectivity index (χ2n) is 4.85. The Hall–Kier alpha value is -0.600. The van der Waals surface area contributed by atoms with E-state index < -0.39 is 15.2 Å². The molecule has 1 aliphatic rings. The zero-order valence-electron chi connectivity index (χ0n) is 12.2. The van der Waals surface area contributed by atoms with E-state index in [1.807, 2.05) is 11.8 Å². The van der Waals surface area contributed by atoms with Crippen LogP contribution in [0.5, 0.6) is 0 Å². The Balaban J connectivity index is 2.35. The number of hydrogen-bond donors (Lipinski definition) is 0. The highest BCUT2D eigenvalue weighted by atomic mass is 32.2. The van der Waals surface area contributed by atoms with Gasteiger partial charge < -0.3 is 4.90 Å². The molecule has 0 spiro atoms.